The van der Waals surface area contributed by atoms with Crippen LogP contribution < -0.4 is 0 Å². The van der Waals surface area contributed by atoms with Gasteiger partial charge in [0.05, 0.1) is 11.3 Å². The highest BCUT2D eigenvalue weighted by Gasteiger charge is 2.29. The predicted octanol–water partition coefficient (Wildman–Crippen LogP) is 6.92. The smallest absolute Gasteiger partial charge is 0.256 e. The summed E-state index contributed by atoms with van der Waals surface area (Å²) in [6.45, 7) is 4.76. The van der Waals surface area contributed by atoms with Crippen molar-refractivity contribution in [2.24, 2.45) is 0 Å². The molecule has 0 saturated heterocycles. The fourth-order valence-electron chi connectivity index (χ4n) is 3.71. The number of hydrogen-bond acceptors (Lipinski definition) is 1. The maximum atomic E-state index is 14.7. The Bertz CT molecular complexity index is 1170. The molecule has 27 heavy (non-hydrogen) atoms. The van der Waals surface area contributed by atoms with Crippen molar-refractivity contribution < 1.29 is 13.2 Å². The molecular weight excluding hydrogens is 347 g/mol. The lowest BCUT2D eigenvalue weighted by Crippen LogP contribution is -2.10. The highest BCUT2D eigenvalue weighted by molar-refractivity contribution is 6.11. The number of rotatable bonds is 2. The van der Waals surface area contributed by atoms with Crippen molar-refractivity contribution in [3.63, 3.8) is 0 Å². The van der Waals surface area contributed by atoms with Crippen LogP contribution >= 0.6 is 0 Å². The van der Waals surface area contributed by atoms with Gasteiger partial charge in [0.2, 0.25) is 0 Å². The van der Waals surface area contributed by atoms with E-state index < -0.39 is 17.3 Å². The van der Waals surface area contributed by atoms with Crippen LogP contribution in [0.1, 0.15) is 23.6 Å². The minimum absolute atomic E-state index is 0.194. The Labute approximate surface area is 155 Å². The van der Waals surface area contributed by atoms with Crippen LogP contribution in [0.4, 0.5) is 13.2 Å². The first kappa shape index (κ1) is 17.5. The van der Waals surface area contributed by atoms with Crippen molar-refractivity contribution in [1.29, 1.82) is 0 Å². The monoisotopic (exact) mass is 365 g/mol. The lowest BCUT2D eigenvalue weighted by molar-refractivity contribution is 0.0140. The third kappa shape index (κ3) is 2.95. The number of aromatic nitrogens is 1. The molecule has 1 aromatic heterocycles. The molecule has 0 bridgehead atoms. The lowest BCUT2D eigenvalue weighted by atomic mass is 9.95. The molecule has 4 aromatic rings. The van der Waals surface area contributed by atoms with E-state index in [2.05, 4.69) is 23.2 Å². The highest BCUT2D eigenvalue weighted by Crippen LogP contribution is 2.37. The molecule has 0 atom stereocenters. The van der Waals surface area contributed by atoms with Gasteiger partial charge in [0.15, 0.2) is 0 Å². The van der Waals surface area contributed by atoms with E-state index in [1.807, 2.05) is 13.8 Å². The van der Waals surface area contributed by atoms with Gasteiger partial charge in [-0.2, -0.15) is 0 Å². The van der Waals surface area contributed by atoms with E-state index >= 15 is 0 Å². The molecule has 0 saturated carbocycles. The van der Waals surface area contributed by atoms with Crippen LogP contribution in [0.25, 0.3) is 32.8 Å². The zero-order valence-corrected chi connectivity index (χ0v) is 15.3. The first-order valence-corrected chi connectivity index (χ1v) is 8.72. The summed E-state index contributed by atoms with van der Waals surface area (Å²) in [6, 6.07) is 14.1. The Hall–Kier alpha value is -2.88. The second-order valence-corrected chi connectivity index (χ2v) is 7.11. The van der Waals surface area contributed by atoms with Gasteiger partial charge < -0.3 is 0 Å². The molecule has 3 aromatic carbocycles. The van der Waals surface area contributed by atoms with E-state index in [9.17, 15) is 13.2 Å². The van der Waals surface area contributed by atoms with Gasteiger partial charge in [-0.15, -0.1) is 0 Å². The average molecular weight is 365 g/mol. The van der Waals surface area contributed by atoms with E-state index in [1.54, 1.807) is 30.5 Å². The normalized spacial score (nSPS) is 12.1. The molecule has 0 amide bonds. The van der Waals surface area contributed by atoms with Crippen molar-refractivity contribution >= 4 is 21.5 Å². The summed E-state index contributed by atoms with van der Waals surface area (Å²) >= 11 is 0. The molecule has 0 aliphatic heterocycles. The molecule has 0 aliphatic carbocycles. The van der Waals surface area contributed by atoms with Gasteiger partial charge in [-0.3, -0.25) is 4.98 Å². The number of benzene rings is 3. The molecule has 4 heteroatoms. The predicted molar refractivity (Wildman–Crippen MR) is 104 cm³/mol. The number of fused-ring (bicyclic) bond motifs is 3. The molecule has 1 heterocycles. The van der Waals surface area contributed by atoms with Crippen LogP contribution in [-0.4, -0.2) is 4.98 Å². The van der Waals surface area contributed by atoms with Crippen LogP contribution in [-0.2, 0) is 5.92 Å². The second-order valence-electron chi connectivity index (χ2n) is 7.11. The Morgan fingerprint density at radius 2 is 1.37 bits per heavy atom. The molecule has 0 N–H and O–H groups in total. The molecule has 0 spiro atoms. The van der Waals surface area contributed by atoms with Gasteiger partial charge in [-0.1, -0.05) is 35.4 Å². The lowest BCUT2D eigenvalue weighted by Gasteiger charge is -2.15. The summed E-state index contributed by atoms with van der Waals surface area (Å²) in [4.78, 5) is 4.53. The van der Waals surface area contributed by atoms with Crippen molar-refractivity contribution in [3.05, 3.63) is 77.2 Å². The van der Waals surface area contributed by atoms with E-state index in [1.165, 1.54) is 6.07 Å². The van der Waals surface area contributed by atoms with Gasteiger partial charge in [0.1, 0.15) is 5.82 Å². The summed E-state index contributed by atoms with van der Waals surface area (Å²) in [6.07, 6.45) is 1.68. The molecule has 0 fully saturated rings. The van der Waals surface area contributed by atoms with Crippen molar-refractivity contribution in [1.82, 2.24) is 4.98 Å². The zero-order chi connectivity index (χ0) is 19.3. The third-order valence-electron chi connectivity index (χ3n) is 4.84. The van der Waals surface area contributed by atoms with E-state index in [0.717, 1.165) is 33.2 Å². The number of alkyl halides is 2. The number of nitrogens with zero attached hydrogens (tertiary/aromatic N) is 1. The quantitative estimate of drug-likeness (QED) is 0.351. The van der Waals surface area contributed by atoms with Crippen molar-refractivity contribution in [2.75, 3.05) is 0 Å². The molecular formula is C23H18F3N. The zero-order valence-electron chi connectivity index (χ0n) is 15.3. The van der Waals surface area contributed by atoms with Crippen LogP contribution in [0.2, 0.25) is 0 Å². The fraction of sp³-hybridized carbons (Fsp3) is 0.174. The summed E-state index contributed by atoms with van der Waals surface area (Å²) in [7, 11) is 0. The molecule has 136 valence electrons. The first-order chi connectivity index (χ1) is 12.8. The average Bonchev–Trinajstić information content (AvgIpc) is 2.59. The van der Waals surface area contributed by atoms with Crippen LogP contribution in [0.3, 0.4) is 0 Å². The topological polar surface area (TPSA) is 12.9 Å². The van der Waals surface area contributed by atoms with Crippen LogP contribution in [0.5, 0.6) is 0 Å². The molecule has 1 nitrogen and oxygen atoms in total. The van der Waals surface area contributed by atoms with E-state index in [-0.39, 0.29) is 5.39 Å². The highest BCUT2D eigenvalue weighted by atomic mass is 19.3. The van der Waals surface area contributed by atoms with Gasteiger partial charge in [0.25, 0.3) is 5.92 Å². The van der Waals surface area contributed by atoms with E-state index in [4.69, 9.17) is 0 Å². The third-order valence-corrected chi connectivity index (χ3v) is 4.84. The van der Waals surface area contributed by atoms with Gasteiger partial charge in [-0.05, 0) is 48.9 Å². The summed E-state index contributed by atoms with van der Waals surface area (Å²) < 4.78 is 42.1. The number of aryl methyl sites for hydroxylation is 2. The number of pyridine rings is 1. The largest absolute Gasteiger partial charge is 0.273 e. The minimum Gasteiger partial charge on any atom is -0.256 e. The summed E-state index contributed by atoms with van der Waals surface area (Å²) in [5, 5.41) is 2.46. The Morgan fingerprint density at radius 3 is 2.04 bits per heavy atom. The van der Waals surface area contributed by atoms with Crippen molar-refractivity contribution in [2.45, 2.75) is 26.7 Å². The van der Waals surface area contributed by atoms with Crippen LogP contribution in [0.15, 0.2) is 54.7 Å². The second kappa shape index (κ2) is 6.08. The van der Waals surface area contributed by atoms with Gasteiger partial charge in [0, 0.05) is 29.5 Å². The minimum atomic E-state index is -3.23. The Kier molecular flexibility index (Phi) is 3.95. The van der Waals surface area contributed by atoms with Gasteiger partial charge >= 0.3 is 0 Å². The Morgan fingerprint density at radius 1 is 0.778 bits per heavy atom. The van der Waals surface area contributed by atoms with Gasteiger partial charge in [-0.25, -0.2) is 13.2 Å². The standard InChI is InChI=1S/C23H18F3N/c1-13-10-14(2)12-15(11-13)22-19-5-4-18-16(17(19)8-9-27-22)6-7-20(21(18)24)23(3,25)26/h4-12H,1-3H3. The number of halogens is 3. The molecule has 4 rings (SSSR count). The fourth-order valence-corrected chi connectivity index (χ4v) is 3.71. The maximum absolute atomic E-state index is 14.7. The molecule has 0 unspecified atom stereocenters. The molecule has 0 radical (unpaired) electrons. The SMILES string of the molecule is Cc1cc(C)cc(-c2nccc3c2ccc2c(F)c(C(C)(F)F)ccc23)c1. The molecule has 0 aliphatic rings. The summed E-state index contributed by atoms with van der Waals surface area (Å²) in [5.74, 6) is -4.10. The van der Waals surface area contributed by atoms with Crippen LogP contribution in [0, 0.1) is 19.7 Å². The van der Waals surface area contributed by atoms with Crippen molar-refractivity contribution in [3.8, 4) is 11.3 Å². The Balaban J connectivity index is 2.03. The van der Waals surface area contributed by atoms with E-state index in [0.29, 0.717) is 12.3 Å². The number of hydrogen-bond donors (Lipinski definition) is 0. The summed E-state index contributed by atoms with van der Waals surface area (Å²) in [5.41, 5.74) is 3.45. The first-order valence-electron chi connectivity index (χ1n) is 8.72. The maximum Gasteiger partial charge on any atom is 0.273 e.